The van der Waals surface area contributed by atoms with Gasteiger partial charge in [-0.15, -0.1) is 0 Å². The van der Waals surface area contributed by atoms with Gasteiger partial charge in [-0.25, -0.2) is 4.98 Å². The van der Waals surface area contributed by atoms with Crippen LogP contribution in [0.25, 0.3) is 11.0 Å². The fourth-order valence-corrected chi connectivity index (χ4v) is 2.31. The van der Waals surface area contributed by atoms with E-state index in [1.165, 1.54) is 0 Å². The topological polar surface area (TPSA) is 29.9 Å². The Balaban J connectivity index is 2.78. The van der Waals surface area contributed by atoms with Crippen molar-refractivity contribution in [3.05, 3.63) is 29.0 Å². The Kier molecular flexibility index (Phi) is 3.39. The number of aromatic nitrogens is 2. The van der Waals surface area contributed by atoms with E-state index < -0.39 is 0 Å². The molecule has 0 atom stereocenters. The maximum atomic E-state index is 6.10. The Hall–Kier alpha value is -1.06. The van der Waals surface area contributed by atoms with Crippen LogP contribution in [0, 0.1) is 0 Å². The van der Waals surface area contributed by atoms with Crippen LogP contribution in [0.2, 0.25) is 5.02 Å². The fourth-order valence-electron chi connectivity index (χ4n) is 2.14. The maximum Gasteiger partial charge on any atom is 0.129 e. The molecule has 0 aliphatic rings. The SMILES string of the molecule is CNC(C)(C)c1nc2ccc(Cl)cc2n1C(C)C. The van der Waals surface area contributed by atoms with E-state index in [9.17, 15) is 0 Å². The molecule has 0 fully saturated rings. The first-order valence-electron chi connectivity index (χ1n) is 6.23. The molecule has 0 radical (unpaired) electrons. The molecule has 1 heterocycles. The summed E-state index contributed by atoms with van der Waals surface area (Å²) in [6.45, 7) is 8.60. The summed E-state index contributed by atoms with van der Waals surface area (Å²) in [5.74, 6) is 1.04. The van der Waals surface area contributed by atoms with Crippen LogP contribution in [0.15, 0.2) is 18.2 Å². The number of rotatable bonds is 3. The molecule has 98 valence electrons. The largest absolute Gasteiger partial charge is 0.324 e. The van der Waals surface area contributed by atoms with Gasteiger partial charge in [0.2, 0.25) is 0 Å². The number of nitrogens with one attached hydrogen (secondary N) is 1. The maximum absolute atomic E-state index is 6.10. The van der Waals surface area contributed by atoms with E-state index in [0.29, 0.717) is 6.04 Å². The van der Waals surface area contributed by atoms with Crippen LogP contribution in [0.5, 0.6) is 0 Å². The normalized spacial score (nSPS) is 12.6. The van der Waals surface area contributed by atoms with E-state index in [1.54, 1.807) is 0 Å². The van der Waals surface area contributed by atoms with Crippen molar-refractivity contribution in [1.82, 2.24) is 14.9 Å². The smallest absolute Gasteiger partial charge is 0.129 e. The van der Waals surface area contributed by atoms with Gasteiger partial charge in [-0.2, -0.15) is 0 Å². The summed E-state index contributed by atoms with van der Waals surface area (Å²) in [6.07, 6.45) is 0. The van der Waals surface area contributed by atoms with Crippen LogP contribution in [0.4, 0.5) is 0 Å². The summed E-state index contributed by atoms with van der Waals surface area (Å²) >= 11 is 6.10. The molecule has 1 aromatic carbocycles. The average Bonchev–Trinajstić information content (AvgIpc) is 2.68. The Morgan fingerprint density at radius 2 is 2.00 bits per heavy atom. The third-order valence-electron chi connectivity index (χ3n) is 3.35. The van der Waals surface area contributed by atoms with Crippen LogP contribution in [-0.2, 0) is 5.54 Å². The van der Waals surface area contributed by atoms with Crippen LogP contribution in [-0.4, -0.2) is 16.6 Å². The Morgan fingerprint density at radius 1 is 1.33 bits per heavy atom. The Labute approximate surface area is 113 Å². The molecule has 1 aromatic heterocycles. The zero-order valence-corrected chi connectivity index (χ0v) is 12.3. The van der Waals surface area contributed by atoms with Crippen LogP contribution in [0.1, 0.15) is 39.6 Å². The highest BCUT2D eigenvalue weighted by atomic mass is 35.5. The van der Waals surface area contributed by atoms with Crippen molar-refractivity contribution < 1.29 is 0 Å². The monoisotopic (exact) mass is 265 g/mol. The van der Waals surface area contributed by atoms with Crippen molar-refractivity contribution in [2.45, 2.75) is 39.3 Å². The minimum Gasteiger partial charge on any atom is -0.324 e. The van der Waals surface area contributed by atoms with E-state index >= 15 is 0 Å². The van der Waals surface area contributed by atoms with Gasteiger partial charge in [0.15, 0.2) is 0 Å². The molecule has 2 aromatic rings. The van der Waals surface area contributed by atoms with Crippen molar-refractivity contribution in [2.24, 2.45) is 0 Å². The number of hydrogen-bond acceptors (Lipinski definition) is 2. The lowest BCUT2D eigenvalue weighted by atomic mass is 10.0. The lowest BCUT2D eigenvalue weighted by molar-refractivity contribution is 0.387. The molecule has 0 unspecified atom stereocenters. The summed E-state index contributed by atoms with van der Waals surface area (Å²) in [5.41, 5.74) is 1.91. The van der Waals surface area contributed by atoms with E-state index in [4.69, 9.17) is 16.6 Å². The van der Waals surface area contributed by atoms with Gasteiger partial charge < -0.3 is 9.88 Å². The number of fused-ring (bicyclic) bond motifs is 1. The van der Waals surface area contributed by atoms with Crippen molar-refractivity contribution in [3.63, 3.8) is 0 Å². The van der Waals surface area contributed by atoms with Crippen LogP contribution >= 0.6 is 11.6 Å². The first-order chi connectivity index (χ1) is 8.36. The van der Waals surface area contributed by atoms with E-state index in [0.717, 1.165) is 21.9 Å². The molecule has 3 nitrogen and oxygen atoms in total. The molecule has 0 spiro atoms. The van der Waals surface area contributed by atoms with Crippen molar-refractivity contribution >= 4 is 22.6 Å². The second-order valence-electron chi connectivity index (χ2n) is 5.41. The average molecular weight is 266 g/mol. The van der Waals surface area contributed by atoms with Gasteiger partial charge in [-0.3, -0.25) is 0 Å². The van der Waals surface area contributed by atoms with Crippen LogP contribution < -0.4 is 5.32 Å². The van der Waals surface area contributed by atoms with Crippen molar-refractivity contribution in [2.75, 3.05) is 7.05 Å². The summed E-state index contributed by atoms with van der Waals surface area (Å²) in [7, 11) is 1.96. The van der Waals surface area contributed by atoms with Crippen molar-refractivity contribution in [1.29, 1.82) is 0 Å². The molecular weight excluding hydrogens is 246 g/mol. The number of benzene rings is 1. The zero-order valence-electron chi connectivity index (χ0n) is 11.6. The first-order valence-corrected chi connectivity index (χ1v) is 6.61. The van der Waals surface area contributed by atoms with E-state index in [1.807, 2.05) is 25.2 Å². The standard InChI is InChI=1S/C14H20ClN3/c1-9(2)18-12-8-10(15)6-7-11(12)17-13(18)14(3,4)16-5/h6-9,16H,1-5H3. The highest BCUT2D eigenvalue weighted by molar-refractivity contribution is 6.31. The molecule has 0 bridgehead atoms. The zero-order chi connectivity index (χ0) is 13.5. The molecule has 0 saturated carbocycles. The Morgan fingerprint density at radius 3 is 2.56 bits per heavy atom. The molecule has 4 heteroatoms. The number of hydrogen-bond donors (Lipinski definition) is 1. The highest BCUT2D eigenvalue weighted by Gasteiger charge is 2.26. The van der Waals surface area contributed by atoms with Gasteiger partial charge in [0.05, 0.1) is 16.6 Å². The minimum absolute atomic E-state index is 0.171. The third-order valence-corrected chi connectivity index (χ3v) is 3.59. The van der Waals surface area contributed by atoms with Gasteiger partial charge in [0.1, 0.15) is 5.82 Å². The summed E-state index contributed by atoms with van der Waals surface area (Å²) in [4.78, 5) is 4.76. The quantitative estimate of drug-likeness (QED) is 0.917. The van der Waals surface area contributed by atoms with Gasteiger partial charge in [-0.1, -0.05) is 11.6 Å². The number of imidazole rings is 1. The second kappa shape index (κ2) is 4.56. The van der Waals surface area contributed by atoms with Crippen molar-refractivity contribution in [3.8, 4) is 0 Å². The van der Waals surface area contributed by atoms with E-state index in [-0.39, 0.29) is 5.54 Å². The first kappa shape index (κ1) is 13.4. The fraction of sp³-hybridized carbons (Fsp3) is 0.500. The van der Waals surface area contributed by atoms with Gasteiger partial charge in [0.25, 0.3) is 0 Å². The molecule has 0 aliphatic carbocycles. The predicted octanol–water partition coefficient (Wildman–Crippen LogP) is 3.73. The third kappa shape index (κ3) is 2.13. The Bertz CT molecular complexity index is 570. The molecule has 2 rings (SSSR count). The predicted molar refractivity (Wildman–Crippen MR) is 77.2 cm³/mol. The molecule has 0 amide bonds. The van der Waals surface area contributed by atoms with Gasteiger partial charge in [0, 0.05) is 11.1 Å². The lowest BCUT2D eigenvalue weighted by Gasteiger charge is -2.26. The van der Waals surface area contributed by atoms with Gasteiger partial charge in [-0.05, 0) is 52.9 Å². The number of nitrogens with zero attached hydrogens (tertiary/aromatic N) is 2. The summed E-state index contributed by atoms with van der Waals surface area (Å²) < 4.78 is 2.25. The number of halogens is 1. The highest BCUT2D eigenvalue weighted by Crippen LogP contribution is 2.29. The second-order valence-corrected chi connectivity index (χ2v) is 5.84. The lowest BCUT2D eigenvalue weighted by Crippen LogP contribution is -2.36. The van der Waals surface area contributed by atoms with Gasteiger partial charge >= 0.3 is 0 Å². The van der Waals surface area contributed by atoms with E-state index in [2.05, 4.69) is 37.6 Å². The molecule has 1 N–H and O–H groups in total. The summed E-state index contributed by atoms with van der Waals surface area (Å²) in [5, 5.41) is 4.06. The minimum atomic E-state index is -0.171. The molecule has 0 saturated heterocycles. The molecular formula is C14H20ClN3. The summed E-state index contributed by atoms with van der Waals surface area (Å²) in [6, 6.07) is 6.19. The molecule has 0 aliphatic heterocycles. The van der Waals surface area contributed by atoms with Crippen LogP contribution in [0.3, 0.4) is 0 Å². The molecule has 18 heavy (non-hydrogen) atoms.